The smallest absolute Gasteiger partial charge is 0.226 e. The average molecular weight is 258 g/mol. The molecule has 0 unspecified atom stereocenters. The van der Waals surface area contributed by atoms with Gasteiger partial charge in [0.25, 0.3) is 0 Å². The Labute approximate surface area is 113 Å². The fourth-order valence-corrected chi connectivity index (χ4v) is 2.01. The highest BCUT2D eigenvalue weighted by Crippen LogP contribution is 2.23. The van der Waals surface area contributed by atoms with Crippen molar-refractivity contribution in [2.45, 2.75) is 20.8 Å². The number of nitrogens with zero attached hydrogens (tertiary/aromatic N) is 1. The summed E-state index contributed by atoms with van der Waals surface area (Å²) in [7, 11) is 2.00. The van der Waals surface area contributed by atoms with E-state index in [4.69, 9.17) is 5.73 Å². The van der Waals surface area contributed by atoms with Gasteiger partial charge in [0, 0.05) is 30.7 Å². The van der Waals surface area contributed by atoms with Crippen molar-refractivity contribution in [1.29, 1.82) is 0 Å². The van der Waals surface area contributed by atoms with Gasteiger partial charge in [-0.15, -0.1) is 0 Å². The minimum absolute atomic E-state index is 0.00871. The van der Waals surface area contributed by atoms with E-state index >= 15 is 0 Å². The quantitative estimate of drug-likeness (QED) is 0.811. The third kappa shape index (κ3) is 2.52. The number of aryl methyl sites for hydroxylation is 2. The topological polar surface area (TPSA) is 59.0 Å². The predicted octanol–water partition coefficient (Wildman–Crippen LogP) is 2.15. The number of nitrogens with two attached hydrogens (primary N) is 1. The van der Waals surface area contributed by atoms with Gasteiger partial charge in [-0.1, -0.05) is 13.8 Å². The average Bonchev–Trinajstić information content (AvgIpc) is 2.36. The lowest BCUT2D eigenvalue weighted by Gasteiger charge is -2.09. The molecule has 2 aromatic rings. The molecule has 1 amide bonds. The first kappa shape index (κ1) is 13.3. The zero-order chi connectivity index (χ0) is 14.2. The zero-order valence-corrected chi connectivity index (χ0v) is 11.8. The van der Waals surface area contributed by atoms with Crippen molar-refractivity contribution in [3.8, 4) is 0 Å². The second-order valence-corrected chi connectivity index (χ2v) is 5.18. The molecule has 3 N–H and O–H groups in total. The molecular formula is C15H20N3O+. The largest absolute Gasteiger partial charge is 0.398 e. The minimum atomic E-state index is -0.0397. The number of benzene rings is 1. The summed E-state index contributed by atoms with van der Waals surface area (Å²) in [5.74, 6) is -0.0309. The van der Waals surface area contributed by atoms with E-state index in [0.29, 0.717) is 0 Å². The van der Waals surface area contributed by atoms with Gasteiger partial charge < -0.3 is 11.1 Å². The molecule has 0 radical (unpaired) electrons. The van der Waals surface area contributed by atoms with Crippen LogP contribution in [0, 0.1) is 12.8 Å². The Kier molecular flexibility index (Phi) is 3.42. The fraction of sp³-hybridized carbons (Fsp3) is 0.333. The van der Waals surface area contributed by atoms with Gasteiger partial charge in [0.2, 0.25) is 11.4 Å². The van der Waals surface area contributed by atoms with Gasteiger partial charge in [0.15, 0.2) is 5.69 Å². The van der Waals surface area contributed by atoms with E-state index in [1.54, 1.807) is 0 Å². The number of hydrogen-bond acceptors (Lipinski definition) is 2. The number of amides is 1. The molecule has 0 fully saturated rings. The van der Waals surface area contributed by atoms with Crippen molar-refractivity contribution in [2.24, 2.45) is 13.0 Å². The lowest BCUT2D eigenvalue weighted by atomic mass is 10.1. The zero-order valence-electron chi connectivity index (χ0n) is 11.8. The molecule has 1 aromatic carbocycles. The number of hydrogen-bond donors (Lipinski definition) is 2. The van der Waals surface area contributed by atoms with Gasteiger partial charge in [-0.25, -0.2) is 0 Å². The molecule has 2 rings (SSSR count). The summed E-state index contributed by atoms with van der Waals surface area (Å²) in [4.78, 5) is 11.7. The van der Waals surface area contributed by atoms with Crippen LogP contribution in [0.25, 0.3) is 10.9 Å². The maximum Gasteiger partial charge on any atom is 0.226 e. The maximum absolute atomic E-state index is 11.7. The van der Waals surface area contributed by atoms with Crippen LogP contribution in [0.1, 0.15) is 19.5 Å². The van der Waals surface area contributed by atoms with Gasteiger partial charge in [-0.2, -0.15) is 4.57 Å². The number of fused-ring (bicyclic) bond motifs is 1. The molecule has 0 saturated carbocycles. The van der Waals surface area contributed by atoms with Crippen LogP contribution in [-0.4, -0.2) is 5.91 Å². The Balaban J connectivity index is 2.49. The summed E-state index contributed by atoms with van der Waals surface area (Å²) in [6, 6.07) is 7.75. The van der Waals surface area contributed by atoms with Crippen LogP contribution in [-0.2, 0) is 11.8 Å². The summed E-state index contributed by atoms with van der Waals surface area (Å²) in [6.07, 6.45) is 0. The maximum atomic E-state index is 11.7. The molecule has 0 saturated heterocycles. The predicted molar refractivity (Wildman–Crippen MR) is 77.7 cm³/mol. The molecule has 0 spiro atoms. The summed E-state index contributed by atoms with van der Waals surface area (Å²) < 4.78 is 2.08. The normalized spacial score (nSPS) is 11.0. The van der Waals surface area contributed by atoms with Gasteiger partial charge in [0.05, 0.1) is 11.1 Å². The number of rotatable bonds is 2. The summed E-state index contributed by atoms with van der Waals surface area (Å²) in [5, 5.41) is 3.84. The Morgan fingerprint density at radius 2 is 2.00 bits per heavy atom. The van der Waals surface area contributed by atoms with E-state index in [0.717, 1.165) is 28.0 Å². The third-order valence-electron chi connectivity index (χ3n) is 3.35. The van der Waals surface area contributed by atoms with Crippen molar-refractivity contribution in [1.82, 2.24) is 0 Å². The van der Waals surface area contributed by atoms with Gasteiger partial charge in [-0.05, 0) is 12.1 Å². The highest BCUT2D eigenvalue weighted by molar-refractivity contribution is 5.96. The SMILES string of the molecule is Cc1cc(N)c2cc(NC(=O)C(C)C)ccc2[n+]1C. The van der Waals surface area contributed by atoms with Gasteiger partial charge >= 0.3 is 0 Å². The van der Waals surface area contributed by atoms with E-state index in [9.17, 15) is 4.79 Å². The Morgan fingerprint density at radius 3 is 2.63 bits per heavy atom. The third-order valence-corrected chi connectivity index (χ3v) is 3.35. The van der Waals surface area contributed by atoms with Crippen LogP contribution in [0.4, 0.5) is 11.4 Å². The van der Waals surface area contributed by atoms with E-state index in [1.165, 1.54) is 0 Å². The molecule has 4 heteroatoms. The molecule has 100 valence electrons. The Morgan fingerprint density at radius 1 is 1.32 bits per heavy atom. The highest BCUT2D eigenvalue weighted by atomic mass is 16.1. The summed E-state index contributed by atoms with van der Waals surface area (Å²) >= 11 is 0. The van der Waals surface area contributed by atoms with Crippen LogP contribution in [0.5, 0.6) is 0 Å². The van der Waals surface area contributed by atoms with Crippen molar-refractivity contribution in [3.63, 3.8) is 0 Å². The molecular weight excluding hydrogens is 238 g/mol. The monoisotopic (exact) mass is 258 g/mol. The number of nitrogens with one attached hydrogen (secondary N) is 1. The molecule has 0 bridgehead atoms. The van der Waals surface area contributed by atoms with Gasteiger partial charge in [-0.3, -0.25) is 4.79 Å². The number of aromatic nitrogens is 1. The molecule has 19 heavy (non-hydrogen) atoms. The first-order chi connectivity index (χ1) is 8.90. The second kappa shape index (κ2) is 4.88. The van der Waals surface area contributed by atoms with Crippen LogP contribution >= 0.6 is 0 Å². The first-order valence-corrected chi connectivity index (χ1v) is 6.40. The fourth-order valence-electron chi connectivity index (χ4n) is 2.01. The van der Waals surface area contributed by atoms with Crippen molar-refractivity contribution in [3.05, 3.63) is 30.0 Å². The lowest BCUT2D eigenvalue weighted by Crippen LogP contribution is -2.33. The molecule has 1 heterocycles. The number of carbonyl (C=O) groups excluding carboxylic acids is 1. The molecule has 0 atom stereocenters. The van der Waals surface area contributed by atoms with Crippen molar-refractivity contribution >= 4 is 28.2 Å². The lowest BCUT2D eigenvalue weighted by molar-refractivity contribution is -0.651. The number of pyridine rings is 1. The van der Waals surface area contributed by atoms with Crippen LogP contribution < -0.4 is 15.6 Å². The first-order valence-electron chi connectivity index (χ1n) is 6.40. The summed E-state index contributed by atoms with van der Waals surface area (Å²) in [5.41, 5.74) is 9.72. The number of carbonyl (C=O) groups is 1. The van der Waals surface area contributed by atoms with Crippen LogP contribution in [0.2, 0.25) is 0 Å². The second-order valence-electron chi connectivity index (χ2n) is 5.18. The number of nitrogen functional groups attached to an aromatic ring is 1. The van der Waals surface area contributed by atoms with Gasteiger partial charge in [0.1, 0.15) is 7.05 Å². The van der Waals surface area contributed by atoms with E-state index in [2.05, 4.69) is 9.88 Å². The van der Waals surface area contributed by atoms with Crippen LogP contribution in [0.15, 0.2) is 24.3 Å². The van der Waals surface area contributed by atoms with Crippen molar-refractivity contribution in [2.75, 3.05) is 11.1 Å². The standard InChI is InChI=1S/C15H19N3O/c1-9(2)15(19)17-11-5-6-14-12(8-11)13(16)7-10(3)18(14)4/h5-9,16H,1-4H3,(H,17,19)/p+1. The van der Waals surface area contributed by atoms with Crippen molar-refractivity contribution < 1.29 is 9.36 Å². The molecule has 0 aliphatic rings. The highest BCUT2D eigenvalue weighted by Gasteiger charge is 2.13. The van der Waals surface area contributed by atoms with Crippen LogP contribution in [0.3, 0.4) is 0 Å². The molecule has 1 aromatic heterocycles. The Bertz CT molecular complexity index is 647. The molecule has 0 aliphatic carbocycles. The van der Waals surface area contributed by atoms with E-state index < -0.39 is 0 Å². The molecule has 4 nitrogen and oxygen atoms in total. The molecule has 0 aliphatic heterocycles. The minimum Gasteiger partial charge on any atom is -0.398 e. The van der Waals surface area contributed by atoms with E-state index in [1.807, 2.05) is 52.1 Å². The number of anilines is 2. The summed E-state index contributed by atoms with van der Waals surface area (Å²) in [6.45, 7) is 5.76. The Hall–Kier alpha value is -2.10. The van der Waals surface area contributed by atoms with E-state index in [-0.39, 0.29) is 11.8 Å².